The molecule has 1 aliphatic carbocycles. The molecule has 7 nitrogen and oxygen atoms in total. The Kier molecular flexibility index (Phi) is 5.94. The molecule has 0 N–H and O–H groups in total. The number of aryl methyl sites for hydroxylation is 2. The van der Waals surface area contributed by atoms with Crippen molar-refractivity contribution in [2.45, 2.75) is 46.1 Å². The van der Waals surface area contributed by atoms with Crippen molar-refractivity contribution in [1.82, 2.24) is 19.4 Å². The van der Waals surface area contributed by atoms with Gasteiger partial charge in [0, 0.05) is 25.0 Å². The van der Waals surface area contributed by atoms with Gasteiger partial charge in [-0.1, -0.05) is 0 Å². The maximum absolute atomic E-state index is 12.9. The van der Waals surface area contributed by atoms with E-state index in [4.69, 9.17) is 0 Å². The second-order valence-electron chi connectivity index (χ2n) is 6.88. The molecular formula is C19H26N4O3S. The van der Waals surface area contributed by atoms with Crippen molar-refractivity contribution < 1.29 is 9.59 Å². The quantitative estimate of drug-likeness (QED) is 0.752. The maximum Gasteiger partial charge on any atom is 0.262 e. The van der Waals surface area contributed by atoms with Crippen molar-refractivity contribution in [2.24, 2.45) is 0 Å². The zero-order chi connectivity index (χ0) is 19.6. The van der Waals surface area contributed by atoms with Crippen molar-refractivity contribution in [2.75, 3.05) is 26.7 Å². The molecule has 2 aromatic rings. The third kappa shape index (κ3) is 3.90. The lowest BCUT2D eigenvalue weighted by molar-refractivity contribution is -0.139. The Hall–Kier alpha value is -2.22. The number of fused-ring (bicyclic) bond motifs is 3. The van der Waals surface area contributed by atoms with Gasteiger partial charge < -0.3 is 9.80 Å². The fourth-order valence-corrected chi connectivity index (χ4v) is 4.75. The third-order valence-electron chi connectivity index (χ3n) is 5.16. The molecule has 0 bridgehead atoms. The summed E-state index contributed by atoms with van der Waals surface area (Å²) in [6.07, 6.45) is 5.60. The summed E-state index contributed by atoms with van der Waals surface area (Å²) in [4.78, 5) is 47.1. The highest BCUT2D eigenvalue weighted by molar-refractivity contribution is 7.18. The van der Waals surface area contributed by atoms with Crippen LogP contribution in [0, 0.1) is 0 Å². The van der Waals surface area contributed by atoms with Crippen molar-refractivity contribution in [1.29, 1.82) is 0 Å². The van der Waals surface area contributed by atoms with Gasteiger partial charge in [-0.05, 0) is 45.1 Å². The van der Waals surface area contributed by atoms with Gasteiger partial charge in [-0.3, -0.25) is 19.0 Å². The molecule has 2 heterocycles. The molecule has 0 aliphatic heterocycles. The molecule has 2 amide bonds. The molecule has 0 saturated carbocycles. The summed E-state index contributed by atoms with van der Waals surface area (Å²) in [5.74, 6) is -0.369. The lowest BCUT2D eigenvalue weighted by Gasteiger charge is -2.23. The number of likely N-dealkylation sites (N-methyl/N-ethyl adjacent to an activating group) is 2. The van der Waals surface area contributed by atoms with Crippen LogP contribution in [0.15, 0.2) is 11.1 Å². The predicted octanol–water partition coefficient (Wildman–Crippen LogP) is 1.66. The molecule has 0 fully saturated rings. The van der Waals surface area contributed by atoms with E-state index in [1.807, 2.05) is 13.8 Å². The van der Waals surface area contributed by atoms with Crippen LogP contribution in [-0.2, 0) is 29.0 Å². The van der Waals surface area contributed by atoms with Crippen LogP contribution in [0.1, 0.15) is 37.1 Å². The topological polar surface area (TPSA) is 75.5 Å². The molecule has 8 heteroatoms. The van der Waals surface area contributed by atoms with Gasteiger partial charge in [0.2, 0.25) is 11.8 Å². The van der Waals surface area contributed by atoms with Gasteiger partial charge >= 0.3 is 0 Å². The molecule has 0 unspecified atom stereocenters. The molecule has 0 atom stereocenters. The first-order valence-corrected chi connectivity index (χ1v) is 10.3. The molecular weight excluding hydrogens is 364 g/mol. The SMILES string of the molecule is CCN(CC)C(=O)CN(C)C(=O)Cn1cnc2sc3c(c2c1=O)CCCC3. The van der Waals surface area contributed by atoms with E-state index in [-0.39, 0.29) is 30.5 Å². The second kappa shape index (κ2) is 8.21. The zero-order valence-electron chi connectivity index (χ0n) is 16.2. The van der Waals surface area contributed by atoms with Crippen LogP contribution in [0.4, 0.5) is 0 Å². The van der Waals surface area contributed by atoms with E-state index in [1.165, 1.54) is 20.7 Å². The number of carbonyl (C=O) groups excluding carboxylic acids is 2. The molecule has 0 radical (unpaired) electrons. The highest BCUT2D eigenvalue weighted by atomic mass is 32.1. The standard InChI is InChI=1S/C19H26N4O3S/c1-4-22(5-2)16(25)10-21(3)15(24)11-23-12-20-18-17(19(23)26)13-8-6-7-9-14(13)27-18/h12H,4-11H2,1-3H3. The monoisotopic (exact) mass is 390 g/mol. The molecule has 0 saturated heterocycles. The van der Waals surface area contributed by atoms with Gasteiger partial charge in [0.05, 0.1) is 18.3 Å². The van der Waals surface area contributed by atoms with Crippen LogP contribution >= 0.6 is 11.3 Å². The van der Waals surface area contributed by atoms with Gasteiger partial charge in [0.15, 0.2) is 0 Å². The Labute approximate surface area is 162 Å². The number of amides is 2. The summed E-state index contributed by atoms with van der Waals surface area (Å²) in [6, 6.07) is 0. The molecule has 3 rings (SSSR count). The summed E-state index contributed by atoms with van der Waals surface area (Å²) in [5, 5.41) is 0.673. The minimum atomic E-state index is -0.275. The summed E-state index contributed by atoms with van der Waals surface area (Å²) >= 11 is 1.59. The van der Waals surface area contributed by atoms with Crippen molar-refractivity contribution in [3.8, 4) is 0 Å². The van der Waals surface area contributed by atoms with E-state index in [0.717, 1.165) is 36.1 Å². The molecule has 0 aromatic carbocycles. The highest BCUT2D eigenvalue weighted by Gasteiger charge is 2.22. The van der Waals surface area contributed by atoms with E-state index in [0.29, 0.717) is 18.5 Å². The van der Waals surface area contributed by atoms with Gasteiger partial charge in [0.1, 0.15) is 11.4 Å². The Balaban J connectivity index is 1.78. The first-order chi connectivity index (χ1) is 13.0. The average molecular weight is 391 g/mol. The third-order valence-corrected chi connectivity index (χ3v) is 6.36. The van der Waals surface area contributed by atoms with Crippen LogP contribution in [0.2, 0.25) is 0 Å². The van der Waals surface area contributed by atoms with Gasteiger partial charge in [-0.25, -0.2) is 4.98 Å². The molecule has 2 aromatic heterocycles. The highest BCUT2D eigenvalue weighted by Crippen LogP contribution is 2.33. The van der Waals surface area contributed by atoms with Crippen molar-refractivity contribution in [3.63, 3.8) is 0 Å². The van der Waals surface area contributed by atoms with Crippen molar-refractivity contribution >= 4 is 33.4 Å². The summed E-state index contributed by atoms with van der Waals surface area (Å²) in [5.41, 5.74) is 0.960. The van der Waals surface area contributed by atoms with E-state index in [9.17, 15) is 14.4 Å². The molecule has 1 aliphatic rings. The Morgan fingerprint density at radius 2 is 1.89 bits per heavy atom. The lowest BCUT2D eigenvalue weighted by Crippen LogP contribution is -2.42. The predicted molar refractivity (Wildman–Crippen MR) is 106 cm³/mol. The number of hydrogen-bond acceptors (Lipinski definition) is 5. The van der Waals surface area contributed by atoms with Crippen molar-refractivity contribution in [3.05, 3.63) is 27.1 Å². The van der Waals surface area contributed by atoms with E-state index >= 15 is 0 Å². The van der Waals surface area contributed by atoms with Gasteiger partial charge in [0.25, 0.3) is 5.56 Å². The fourth-order valence-electron chi connectivity index (χ4n) is 3.53. The molecule has 0 spiro atoms. The van der Waals surface area contributed by atoms with E-state index in [2.05, 4.69) is 4.98 Å². The number of aromatic nitrogens is 2. The Morgan fingerprint density at radius 1 is 1.19 bits per heavy atom. The van der Waals surface area contributed by atoms with Gasteiger partial charge in [-0.15, -0.1) is 11.3 Å². The summed E-state index contributed by atoms with van der Waals surface area (Å²) in [7, 11) is 1.59. The number of carbonyl (C=O) groups is 2. The number of rotatable bonds is 6. The van der Waals surface area contributed by atoms with Crippen LogP contribution in [-0.4, -0.2) is 57.8 Å². The largest absolute Gasteiger partial charge is 0.342 e. The number of thiophene rings is 1. The van der Waals surface area contributed by atoms with Crippen LogP contribution < -0.4 is 5.56 Å². The van der Waals surface area contributed by atoms with Crippen LogP contribution in [0.5, 0.6) is 0 Å². The molecule has 146 valence electrons. The first-order valence-electron chi connectivity index (χ1n) is 9.47. The normalized spacial score (nSPS) is 13.4. The smallest absolute Gasteiger partial charge is 0.262 e. The minimum absolute atomic E-state index is 0.0127. The average Bonchev–Trinajstić information content (AvgIpc) is 3.04. The first kappa shape index (κ1) is 19.5. The fraction of sp³-hybridized carbons (Fsp3) is 0.579. The number of hydrogen-bond donors (Lipinski definition) is 0. The van der Waals surface area contributed by atoms with Crippen LogP contribution in [0.25, 0.3) is 10.2 Å². The number of nitrogens with zero attached hydrogens (tertiary/aromatic N) is 4. The van der Waals surface area contributed by atoms with Crippen LogP contribution in [0.3, 0.4) is 0 Å². The summed E-state index contributed by atoms with van der Waals surface area (Å²) in [6.45, 7) is 4.95. The lowest BCUT2D eigenvalue weighted by atomic mass is 9.97. The zero-order valence-corrected chi connectivity index (χ0v) is 17.0. The molecule has 27 heavy (non-hydrogen) atoms. The Bertz CT molecular complexity index is 914. The Morgan fingerprint density at radius 3 is 2.59 bits per heavy atom. The minimum Gasteiger partial charge on any atom is -0.342 e. The maximum atomic E-state index is 12.9. The van der Waals surface area contributed by atoms with Gasteiger partial charge in [-0.2, -0.15) is 0 Å². The van der Waals surface area contributed by atoms with E-state index < -0.39 is 0 Å². The summed E-state index contributed by atoms with van der Waals surface area (Å²) < 4.78 is 1.37. The second-order valence-corrected chi connectivity index (χ2v) is 7.97. The van der Waals surface area contributed by atoms with E-state index in [1.54, 1.807) is 23.3 Å².